The van der Waals surface area contributed by atoms with E-state index in [-0.39, 0.29) is 5.69 Å². The van der Waals surface area contributed by atoms with Crippen molar-refractivity contribution >= 4 is 15.9 Å². The molecule has 15 heavy (non-hydrogen) atoms. The molecule has 0 aliphatic heterocycles. The molecule has 1 aromatic heterocycles. The molecule has 0 unspecified atom stereocenters. The smallest absolute Gasteiger partial charge is 0.336 e. The molecular weight excluding hydrogens is 266 g/mol. The van der Waals surface area contributed by atoms with Crippen LogP contribution in [-0.4, -0.2) is 9.97 Å². The van der Waals surface area contributed by atoms with Gasteiger partial charge in [0.1, 0.15) is 11.5 Å². The van der Waals surface area contributed by atoms with Crippen LogP contribution < -0.4 is 0 Å². The maximum absolute atomic E-state index is 12.8. The average molecular weight is 273 g/mol. The van der Waals surface area contributed by atoms with Crippen molar-refractivity contribution in [1.29, 1.82) is 0 Å². The summed E-state index contributed by atoms with van der Waals surface area (Å²) in [7, 11) is 0. The second kappa shape index (κ2) is 3.73. The maximum atomic E-state index is 12.8. The Morgan fingerprint density at radius 3 is 2.40 bits per heavy atom. The van der Waals surface area contributed by atoms with Crippen molar-refractivity contribution < 1.29 is 8.78 Å². The highest BCUT2D eigenvalue weighted by Crippen LogP contribution is 2.34. The van der Waals surface area contributed by atoms with Gasteiger partial charge in [-0.2, -0.15) is 8.78 Å². The number of imidazole rings is 1. The molecule has 0 aliphatic carbocycles. The maximum Gasteiger partial charge on any atom is 0.342 e. The largest absolute Gasteiger partial charge is 0.342 e. The third-order valence-corrected chi connectivity index (χ3v) is 2.36. The molecule has 0 atom stereocenters. The molecule has 2 nitrogen and oxygen atoms in total. The van der Waals surface area contributed by atoms with E-state index < -0.39 is 4.83 Å². The lowest BCUT2D eigenvalue weighted by molar-refractivity contribution is 0.110. The zero-order chi connectivity index (χ0) is 10.9. The average Bonchev–Trinajstić information content (AvgIpc) is 2.67. The molecule has 0 fully saturated rings. The molecule has 0 aliphatic rings. The van der Waals surface area contributed by atoms with Gasteiger partial charge in [-0.25, -0.2) is 4.98 Å². The van der Waals surface area contributed by atoms with Crippen molar-refractivity contribution in [2.75, 3.05) is 0 Å². The van der Waals surface area contributed by atoms with Gasteiger partial charge >= 0.3 is 4.83 Å². The Morgan fingerprint density at radius 1 is 1.20 bits per heavy atom. The Balaban J connectivity index is 2.37. The van der Waals surface area contributed by atoms with E-state index in [1.165, 1.54) is 0 Å². The van der Waals surface area contributed by atoms with Crippen LogP contribution in [0.5, 0.6) is 0 Å². The minimum atomic E-state index is -3.06. The standard InChI is InChI=1S/C10H7BrF2N2/c11-10(12,13)8-6-14-9(15-8)7-4-2-1-3-5-7/h1-6H,(H,14,15). The van der Waals surface area contributed by atoms with Gasteiger partial charge in [0.15, 0.2) is 0 Å². The summed E-state index contributed by atoms with van der Waals surface area (Å²) in [5.74, 6) is 0.435. The molecule has 78 valence electrons. The van der Waals surface area contributed by atoms with Crippen LogP contribution in [0.2, 0.25) is 0 Å². The van der Waals surface area contributed by atoms with Crippen LogP contribution in [0, 0.1) is 0 Å². The van der Waals surface area contributed by atoms with E-state index in [4.69, 9.17) is 0 Å². The van der Waals surface area contributed by atoms with Gasteiger partial charge < -0.3 is 4.98 Å². The fraction of sp³-hybridized carbons (Fsp3) is 0.100. The summed E-state index contributed by atoms with van der Waals surface area (Å²) in [4.78, 5) is 3.39. The Bertz CT molecular complexity index is 448. The molecule has 5 heteroatoms. The molecule has 0 amide bonds. The molecular formula is C10H7BrF2N2. The van der Waals surface area contributed by atoms with E-state index in [1.54, 1.807) is 12.1 Å². The quantitative estimate of drug-likeness (QED) is 0.833. The molecule has 0 saturated heterocycles. The minimum Gasteiger partial charge on any atom is -0.336 e. The SMILES string of the molecule is FC(F)(Br)c1cnc(-c2ccccc2)[nH]1. The second-order valence-corrected chi connectivity index (χ2v) is 4.01. The lowest BCUT2D eigenvalue weighted by atomic mass is 10.2. The number of aromatic amines is 1. The van der Waals surface area contributed by atoms with Gasteiger partial charge in [0, 0.05) is 5.56 Å². The van der Waals surface area contributed by atoms with E-state index >= 15 is 0 Å². The van der Waals surface area contributed by atoms with Crippen LogP contribution in [0.3, 0.4) is 0 Å². The third kappa shape index (κ3) is 2.23. The first-order valence-corrected chi connectivity index (χ1v) is 5.04. The molecule has 0 saturated carbocycles. The fourth-order valence-corrected chi connectivity index (χ4v) is 1.41. The number of benzene rings is 1. The molecule has 2 aromatic rings. The van der Waals surface area contributed by atoms with Gasteiger partial charge in [-0.15, -0.1) is 0 Å². The first-order chi connectivity index (χ1) is 7.07. The van der Waals surface area contributed by atoms with Crippen molar-refractivity contribution in [3.05, 3.63) is 42.2 Å². The number of aromatic nitrogens is 2. The van der Waals surface area contributed by atoms with Gasteiger partial charge in [-0.3, -0.25) is 0 Å². The van der Waals surface area contributed by atoms with E-state index in [9.17, 15) is 8.78 Å². The Kier molecular flexibility index (Phi) is 2.56. The van der Waals surface area contributed by atoms with Crippen molar-refractivity contribution in [3.63, 3.8) is 0 Å². The molecule has 2 rings (SSSR count). The van der Waals surface area contributed by atoms with Crippen LogP contribution in [0.15, 0.2) is 36.5 Å². The monoisotopic (exact) mass is 272 g/mol. The topological polar surface area (TPSA) is 28.7 Å². The number of nitrogens with zero attached hydrogens (tertiary/aromatic N) is 1. The summed E-state index contributed by atoms with van der Waals surface area (Å²) in [6.07, 6.45) is 1.12. The first kappa shape index (κ1) is 10.3. The number of H-pyrrole nitrogens is 1. The Labute approximate surface area is 93.5 Å². The van der Waals surface area contributed by atoms with Gasteiger partial charge in [0.2, 0.25) is 0 Å². The van der Waals surface area contributed by atoms with Gasteiger partial charge in [-0.05, 0) is 15.9 Å². The van der Waals surface area contributed by atoms with Crippen LogP contribution in [0.4, 0.5) is 8.78 Å². The number of hydrogen-bond donors (Lipinski definition) is 1. The van der Waals surface area contributed by atoms with E-state index in [2.05, 4.69) is 25.9 Å². The summed E-state index contributed by atoms with van der Waals surface area (Å²) in [6, 6.07) is 9.10. The first-order valence-electron chi connectivity index (χ1n) is 4.25. The Hall–Kier alpha value is -1.23. The molecule has 0 radical (unpaired) electrons. The van der Waals surface area contributed by atoms with Crippen molar-refractivity contribution in [2.24, 2.45) is 0 Å². The van der Waals surface area contributed by atoms with E-state index in [0.717, 1.165) is 11.8 Å². The molecule has 1 N–H and O–H groups in total. The summed E-state index contributed by atoms with van der Waals surface area (Å²) in [5, 5.41) is 0. The Morgan fingerprint density at radius 2 is 1.87 bits per heavy atom. The van der Waals surface area contributed by atoms with E-state index in [1.807, 2.05) is 18.2 Å². The van der Waals surface area contributed by atoms with Gasteiger partial charge in [-0.1, -0.05) is 30.3 Å². The minimum absolute atomic E-state index is 0.249. The third-order valence-electron chi connectivity index (χ3n) is 1.93. The van der Waals surface area contributed by atoms with Crippen LogP contribution in [0.25, 0.3) is 11.4 Å². The summed E-state index contributed by atoms with van der Waals surface area (Å²) in [5.41, 5.74) is 0.529. The van der Waals surface area contributed by atoms with Gasteiger partial charge in [0.05, 0.1) is 6.20 Å². The zero-order valence-corrected chi connectivity index (χ0v) is 9.13. The highest BCUT2D eigenvalue weighted by Gasteiger charge is 2.29. The summed E-state index contributed by atoms with van der Waals surface area (Å²) in [6.45, 7) is 0. The number of alkyl halides is 3. The van der Waals surface area contributed by atoms with Crippen LogP contribution in [0.1, 0.15) is 5.69 Å². The molecule has 0 bridgehead atoms. The molecule has 0 spiro atoms. The molecule has 1 heterocycles. The number of nitrogens with one attached hydrogen (secondary N) is 1. The van der Waals surface area contributed by atoms with E-state index in [0.29, 0.717) is 5.82 Å². The van der Waals surface area contributed by atoms with Crippen LogP contribution in [-0.2, 0) is 4.83 Å². The summed E-state index contributed by atoms with van der Waals surface area (Å²) < 4.78 is 25.7. The molecule has 1 aromatic carbocycles. The highest BCUT2D eigenvalue weighted by molar-refractivity contribution is 9.09. The highest BCUT2D eigenvalue weighted by atomic mass is 79.9. The number of rotatable bonds is 2. The van der Waals surface area contributed by atoms with Gasteiger partial charge in [0.25, 0.3) is 0 Å². The second-order valence-electron chi connectivity index (χ2n) is 3.01. The van der Waals surface area contributed by atoms with Crippen molar-refractivity contribution in [2.45, 2.75) is 4.83 Å². The predicted octanol–water partition coefficient (Wildman–Crippen LogP) is 3.52. The zero-order valence-electron chi connectivity index (χ0n) is 7.55. The lowest BCUT2D eigenvalue weighted by Gasteiger charge is -2.03. The normalized spacial score (nSPS) is 11.7. The fourth-order valence-electron chi connectivity index (χ4n) is 1.21. The number of hydrogen-bond acceptors (Lipinski definition) is 1. The van der Waals surface area contributed by atoms with Crippen molar-refractivity contribution in [3.8, 4) is 11.4 Å². The van der Waals surface area contributed by atoms with Crippen LogP contribution >= 0.6 is 15.9 Å². The lowest BCUT2D eigenvalue weighted by Crippen LogP contribution is -2.02. The van der Waals surface area contributed by atoms with Crippen molar-refractivity contribution in [1.82, 2.24) is 9.97 Å². The predicted molar refractivity (Wildman–Crippen MR) is 56.8 cm³/mol. The summed E-state index contributed by atoms with van der Waals surface area (Å²) >= 11 is 2.27. The number of halogens is 3.